The minimum absolute atomic E-state index is 0.0421. The molecule has 0 saturated heterocycles. The van der Waals surface area contributed by atoms with Gasteiger partial charge in [0.25, 0.3) is 0 Å². The zero-order valence-electron chi connectivity index (χ0n) is 21.2. The number of aliphatic hydroxyl groups is 1. The van der Waals surface area contributed by atoms with E-state index in [2.05, 4.69) is 46.8 Å². The van der Waals surface area contributed by atoms with E-state index in [1.807, 2.05) is 80.8 Å². The van der Waals surface area contributed by atoms with Crippen molar-refractivity contribution in [3.63, 3.8) is 0 Å². The Morgan fingerprint density at radius 1 is 0.921 bits per heavy atom. The predicted molar refractivity (Wildman–Crippen MR) is 150 cm³/mol. The highest BCUT2D eigenvalue weighted by Crippen LogP contribution is 2.38. The van der Waals surface area contributed by atoms with Crippen molar-refractivity contribution in [1.29, 1.82) is 0 Å². The minimum Gasteiger partial charge on any atom is -0.508 e. The summed E-state index contributed by atoms with van der Waals surface area (Å²) in [7, 11) is 0. The summed E-state index contributed by atoms with van der Waals surface area (Å²) in [4.78, 5) is 9.71. The number of hydrogen-bond donors (Lipinski definition) is 1. The molecule has 1 N–H and O–H groups in total. The molecule has 38 heavy (non-hydrogen) atoms. The van der Waals surface area contributed by atoms with Crippen molar-refractivity contribution in [2.24, 2.45) is 0 Å². The Labute approximate surface area is 220 Å². The lowest BCUT2D eigenvalue weighted by Crippen LogP contribution is -2.13. The fraction of sp³-hybridized carbons (Fsp3) is 0.0938. The van der Waals surface area contributed by atoms with Gasteiger partial charge in [0.05, 0.1) is 22.4 Å². The van der Waals surface area contributed by atoms with E-state index in [9.17, 15) is 5.11 Å². The third kappa shape index (κ3) is 4.06. The standard InChI is InChI=1S/C32H26N4O2/c1-20-30(22(3)38-35-20)26-17-29-31(34-18-26)27(24-14-12-23(13-15-24)21(2)37)19-36(29)32(25-9-5-4-6-10-25)28-11-7-8-16-33-28/h4-19,32,37H,2H2,1,3H3. The molecule has 0 amide bonds. The Balaban J connectivity index is 1.63. The second-order valence-electron chi connectivity index (χ2n) is 9.33. The lowest BCUT2D eigenvalue weighted by molar-refractivity contribution is 0.393. The predicted octanol–water partition coefficient (Wildman–Crippen LogP) is 7.54. The molecule has 0 bridgehead atoms. The minimum atomic E-state index is -0.174. The molecule has 186 valence electrons. The van der Waals surface area contributed by atoms with Crippen LogP contribution in [0, 0.1) is 13.8 Å². The number of rotatable bonds is 6. The van der Waals surface area contributed by atoms with Gasteiger partial charge in [-0.1, -0.05) is 72.4 Å². The summed E-state index contributed by atoms with van der Waals surface area (Å²) in [5.41, 5.74) is 9.25. The summed E-state index contributed by atoms with van der Waals surface area (Å²) in [6.07, 6.45) is 5.85. The lowest BCUT2D eigenvalue weighted by Gasteiger charge is -2.20. The number of fused-ring (bicyclic) bond motifs is 1. The van der Waals surface area contributed by atoms with Crippen LogP contribution in [0.15, 0.2) is 109 Å². The van der Waals surface area contributed by atoms with Crippen molar-refractivity contribution in [2.75, 3.05) is 0 Å². The Morgan fingerprint density at radius 2 is 1.68 bits per heavy atom. The molecule has 2 aromatic carbocycles. The van der Waals surface area contributed by atoms with Gasteiger partial charge in [-0.15, -0.1) is 0 Å². The quantitative estimate of drug-likeness (QED) is 0.240. The van der Waals surface area contributed by atoms with Gasteiger partial charge in [-0.25, -0.2) is 0 Å². The van der Waals surface area contributed by atoms with Crippen LogP contribution in [-0.4, -0.2) is 24.8 Å². The van der Waals surface area contributed by atoms with Crippen LogP contribution in [0.25, 0.3) is 39.0 Å². The zero-order valence-corrected chi connectivity index (χ0v) is 21.2. The number of benzene rings is 2. The molecule has 4 aromatic heterocycles. The second kappa shape index (κ2) is 9.48. The molecule has 1 atom stereocenters. The van der Waals surface area contributed by atoms with Crippen LogP contribution in [0.1, 0.15) is 34.3 Å². The summed E-state index contributed by atoms with van der Waals surface area (Å²) in [5.74, 6) is 0.798. The molecule has 0 spiro atoms. The summed E-state index contributed by atoms with van der Waals surface area (Å²) < 4.78 is 7.71. The fourth-order valence-corrected chi connectivity index (χ4v) is 5.07. The Morgan fingerprint density at radius 3 is 2.34 bits per heavy atom. The molecule has 0 saturated carbocycles. The molecule has 0 fully saturated rings. The van der Waals surface area contributed by atoms with Crippen molar-refractivity contribution in [3.8, 4) is 22.3 Å². The molecular weight excluding hydrogens is 472 g/mol. The first-order valence-electron chi connectivity index (χ1n) is 12.4. The van der Waals surface area contributed by atoms with Gasteiger partial charge in [0, 0.05) is 40.8 Å². The van der Waals surface area contributed by atoms with Crippen molar-refractivity contribution >= 4 is 16.8 Å². The summed E-state index contributed by atoms with van der Waals surface area (Å²) in [6.45, 7) is 7.50. The highest BCUT2D eigenvalue weighted by atomic mass is 16.5. The Bertz CT molecular complexity index is 1690. The van der Waals surface area contributed by atoms with Gasteiger partial charge in [-0.2, -0.15) is 0 Å². The van der Waals surface area contributed by atoms with Gasteiger partial charge >= 0.3 is 0 Å². The van der Waals surface area contributed by atoms with Crippen molar-refractivity contribution < 1.29 is 9.63 Å². The van der Waals surface area contributed by atoms with E-state index in [-0.39, 0.29) is 11.8 Å². The van der Waals surface area contributed by atoms with Gasteiger partial charge in [0.1, 0.15) is 17.6 Å². The second-order valence-corrected chi connectivity index (χ2v) is 9.33. The van der Waals surface area contributed by atoms with Crippen LogP contribution in [0.4, 0.5) is 0 Å². The molecule has 0 aliphatic rings. The molecule has 0 radical (unpaired) electrons. The van der Waals surface area contributed by atoms with Crippen molar-refractivity contribution in [2.45, 2.75) is 19.9 Å². The summed E-state index contributed by atoms with van der Waals surface area (Å²) >= 11 is 0. The summed E-state index contributed by atoms with van der Waals surface area (Å²) in [6, 6.07) is 26.0. The molecule has 4 heterocycles. The highest BCUT2D eigenvalue weighted by Gasteiger charge is 2.24. The molecule has 0 aliphatic carbocycles. The van der Waals surface area contributed by atoms with Gasteiger partial charge < -0.3 is 14.2 Å². The number of aryl methyl sites for hydroxylation is 2. The van der Waals surface area contributed by atoms with E-state index in [0.717, 1.165) is 56.0 Å². The molecule has 1 unspecified atom stereocenters. The normalized spacial score (nSPS) is 12.1. The SMILES string of the molecule is C=C(O)c1ccc(-c2cn(C(c3ccccc3)c3ccccn3)c3cc(-c4c(C)noc4C)cnc23)cc1. The molecule has 6 heteroatoms. The Kier molecular flexibility index (Phi) is 5.85. The van der Waals surface area contributed by atoms with E-state index in [0.29, 0.717) is 5.56 Å². The van der Waals surface area contributed by atoms with Gasteiger partial charge in [-0.05, 0) is 43.2 Å². The third-order valence-electron chi connectivity index (χ3n) is 6.88. The van der Waals surface area contributed by atoms with E-state index >= 15 is 0 Å². The average Bonchev–Trinajstić information content (AvgIpc) is 3.49. The number of aromatic nitrogens is 4. The monoisotopic (exact) mass is 498 g/mol. The van der Waals surface area contributed by atoms with Crippen LogP contribution in [-0.2, 0) is 0 Å². The molecule has 6 nitrogen and oxygen atoms in total. The molecule has 6 rings (SSSR count). The zero-order chi connectivity index (χ0) is 26.2. The van der Waals surface area contributed by atoms with E-state index < -0.39 is 0 Å². The first kappa shape index (κ1) is 23.4. The van der Waals surface area contributed by atoms with Crippen LogP contribution in [0.2, 0.25) is 0 Å². The maximum atomic E-state index is 9.82. The molecular formula is C32H26N4O2. The average molecular weight is 499 g/mol. The maximum absolute atomic E-state index is 9.82. The topological polar surface area (TPSA) is 77.0 Å². The fourth-order valence-electron chi connectivity index (χ4n) is 5.07. The number of aliphatic hydroxyl groups excluding tert-OH is 1. The molecule has 0 aliphatic heterocycles. The van der Waals surface area contributed by atoms with Crippen molar-refractivity contribution in [3.05, 3.63) is 132 Å². The van der Waals surface area contributed by atoms with E-state index in [1.165, 1.54) is 0 Å². The van der Waals surface area contributed by atoms with Gasteiger partial charge in [0.2, 0.25) is 0 Å². The first-order chi connectivity index (χ1) is 18.5. The van der Waals surface area contributed by atoms with Gasteiger partial charge in [-0.3, -0.25) is 9.97 Å². The number of pyridine rings is 2. The van der Waals surface area contributed by atoms with Crippen LogP contribution in [0.5, 0.6) is 0 Å². The smallest absolute Gasteiger partial charge is 0.141 e. The van der Waals surface area contributed by atoms with Gasteiger partial charge in [0.15, 0.2) is 0 Å². The lowest BCUT2D eigenvalue weighted by atomic mass is 10.0. The van der Waals surface area contributed by atoms with Crippen LogP contribution < -0.4 is 0 Å². The van der Waals surface area contributed by atoms with E-state index in [1.54, 1.807) is 0 Å². The maximum Gasteiger partial charge on any atom is 0.141 e. The Hall–Kier alpha value is -4.97. The van der Waals surface area contributed by atoms with Crippen LogP contribution >= 0.6 is 0 Å². The van der Waals surface area contributed by atoms with E-state index in [4.69, 9.17) is 14.5 Å². The third-order valence-corrected chi connectivity index (χ3v) is 6.88. The number of hydrogen-bond acceptors (Lipinski definition) is 5. The van der Waals surface area contributed by atoms with Crippen LogP contribution in [0.3, 0.4) is 0 Å². The first-order valence-corrected chi connectivity index (χ1v) is 12.4. The summed E-state index contributed by atoms with van der Waals surface area (Å²) in [5, 5.41) is 14.0. The number of nitrogens with zero attached hydrogens (tertiary/aromatic N) is 4. The largest absolute Gasteiger partial charge is 0.508 e. The highest BCUT2D eigenvalue weighted by molar-refractivity contribution is 5.95. The molecule has 6 aromatic rings. The van der Waals surface area contributed by atoms with Crippen molar-refractivity contribution in [1.82, 2.24) is 19.7 Å².